The Labute approximate surface area is 130 Å². The van der Waals surface area contributed by atoms with Gasteiger partial charge in [0.2, 0.25) is 11.9 Å². The number of amides is 1. The zero-order valence-electron chi connectivity index (χ0n) is 12.8. The number of piperidine rings is 1. The largest absolute Gasteiger partial charge is 0.342 e. The fraction of sp³-hybridized carbons (Fsp3) is 0.529. The van der Waals surface area contributed by atoms with Crippen LogP contribution in [-0.4, -0.2) is 47.0 Å². The SMILES string of the molecule is O=C(C1CCCN(c2nc3ccccc3[nH]2)C1)N1CCCC1. The Morgan fingerprint density at radius 1 is 1.14 bits per heavy atom. The number of likely N-dealkylation sites (tertiary alicyclic amines) is 1. The van der Waals surface area contributed by atoms with E-state index in [-0.39, 0.29) is 5.92 Å². The highest BCUT2D eigenvalue weighted by Crippen LogP contribution is 2.25. The van der Waals surface area contributed by atoms with Crippen LogP contribution in [-0.2, 0) is 4.79 Å². The van der Waals surface area contributed by atoms with Gasteiger partial charge >= 0.3 is 0 Å². The number of nitrogens with one attached hydrogen (secondary N) is 1. The second-order valence-electron chi connectivity index (χ2n) is 6.40. The summed E-state index contributed by atoms with van der Waals surface area (Å²) in [5.41, 5.74) is 2.05. The molecule has 1 N–H and O–H groups in total. The monoisotopic (exact) mass is 298 g/mol. The van der Waals surface area contributed by atoms with Crippen molar-refractivity contribution < 1.29 is 4.79 Å². The van der Waals surface area contributed by atoms with Crippen LogP contribution in [0.15, 0.2) is 24.3 Å². The summed E-state index contributed by atoms with van der Waals surface area (Å²) in [6, 6.07) is 8.08. The molecule has 1 unspecified atom stereocenters. The molecule has 2 fully saturated rings. The van der Waals surface area contributed by atoms with E-state index in [2.05, 4.69) is 14.9 Å². The smallest absolute Gasteiger partial charge is 0.227 e. The van der Waals surface area contributed by atoms with Crippen molar-refractivity contribution in [3.63, 3.8) is 0 Å². The minimum atomic E-state index is 0.125. The van der Waals surface area contributed by atoms with Gasteiger partial charge in [-0.2, -0.15) is 0 Å². The Morgan fingerprint density at radius 3 is 2.77 bits per heavy atom. The molecule has 5 nitrogen and oxygen atoms in total. The predicted octanol–water partition coefficient (Wildman–Crippen LogP) is 2.40. The molecule has 4 rings (SSSR count). The van der Waals surface area contributed by atoms with E-state index >= 15 is 0 Å². The molecule has 116 valence electrons. The lowest BCUT2D eigenvalue weighted by Crippen LogP contribution is -2.44. The van der Waals surface area contributed by atoms with E-state index in [0.29, 0.717) is 5.91 Å². The van der Waals surface area contributed by atoms with Crippen molar-refractivity contribution in [3.8, 4) is 0 Å². The van der Waals surface area contributed by atoms with E-state index in [4.69, 9.17) is 0 Å². The van der Waals surface area contributed by atoms with Gasteiger partial charge in [0.1, 0.15) is 0 Å². The second kappa shape index (κ2) is 5.63. The van der Waals surface area contributed by atoms with E-state index in [1.807, 2.05) is 29.2 Å². The van der Waals surface area contributed by atoms with Gasteiger partial charge in [-0.1, -0.05) is 12.1 Å². The molecule has 0 saturated carbocycles. The number of para-hydroxylation sites is 2. The molecule has 2 saturated heterocycles. The van der Waals surface area contributed by atoms with Gasteiger partial charge in [-0.05, 0) is 37.8 Å². The Hall–Kier alpha value is -2.04. The number of H-pyrrole nitrogens is 1. The molecule has 0 bridgehead atoms. The summed E-state index contributed by atoms with van der Waals surface area (Å²) >= 11 is 0. The van der Waals surface area contributed by atoms with Crippen molar-refractivity contribution in [1.82, 2.24) is 14.9 Å². The first-order valence-corrected chi connectivity index (χ1v) is 8.30. The molecule has 1 atom stereocenters. The maximum atomic E-state index is 12.6. The van der Waals surface area contributed by atoms with E-state index in [9.17, 15) is 4.79 Å². The molecule has 1 aromatic heterocycles. The highest BCUT2D eigenvalue weighted by Gasteiger charge is 2.31. The van der Waals surface area contributed by atoms with Gasteiger partial charge in [-0.15, -0.1) is 0 Å². The van der Waals surface area contributed by atoms with Gasteiger partial charge in [-0.25, -0.2) is 4.98 Å². The summed E-state index contributed by atoms with van der Waals surface area (Å²) in [5, 5.41) is 0. The van der Waals surface area contributed by atoms with Crippen molar-refractivity contribution in [2.24, 2.45) is 5.92 Å². The number of anilines is 1. The average molecular weight is 298 g/mol. The predicted molar refractivity (Wildman–Crippen MR) is 86.8 cm³/mol. The Morgan fingerprint density at radius 2 is 1.95 bits per heavy atom. The van der Waals surface area contributed by atoms with Gasteiger partial charge in [0.15, 0.2) is 0 Å². The summed E-state index contributed by atoms with van der Waals surface area (Å²) < 4.78 is 0. The molecule has 2 aliphatic rings. The standard InChI is InChI=1S/C17H22N4O/c22-16(20-9-3-4-10-20)13-6-5-11-21(12-13)17-18-14-7-1-2-8-15(14)19-17/h1-2,7-8,13H,3-6,9-12H2,(H,18,19). The van der Waals surface area contributed by atoms with Gasteiger partial charge in [0, 0.05) is 26.2 Å². The van der Waals surface area contributed by atoms with Crippen molar-refractivity contribution in [2.75, 3.05) is 31.1 Å². The first-order chi connectivity index (χ1) is 10.8. The van der Waals surface area contributed by atoms with Crippen LogP contribution in [0.2, 0.25) is 0 Å². The fourth-order valence-electron chi connectivity index (χ4n) is 3.66. The third kappa shape index (κ3) is 2.45. The lowest BCUT2D eigenvalue weighted by molar-refractivity contribution is -0.134. The molecule has 0 radical (unpaired) electrons. The van der Waals surface area contributed by atoms with Crippen LogP contribution < -0.4 is 4.90 Å². The number of fused-ring (bicyclic) bond motifs is 1. The lowest BCUT2D eigenvalue weighted by atomic mass is 9.97. The molecule has 3 heterocycles. The number of aromatic amines is 1. The Balaban J connectivity index is 1.51. The summed E-state index contributed by atoms with van der Waals surface area (Å²) in [7, 11) is 0. The number of imidazole rings is 1. The highest BCUT2D eigenvalue weighted by molar-refractivity contribution is 5.80. The van der Waals surface area contributed by atoms with Crippen LogP contribution in [0, 0.1) is 5.92 Å². The second-order valence-corrected chi connectivity index (χ2v) is 6.40. The van der Waals surface area contributed by atoms with Gasteiger partial charge in [-0.3, -0.25) is 4.79 Å². The maximum absolute atomic E-state index is 12.6. The lowest BCUT2D eigenvalue weighted by Gasteiger charge is -2.33. The van der Waals surface area contributed by atoms with Crippen LogP contribution in [0.1, 0.15) is 25.7 Å². The highest BCUT2D eigenvalue weighted by atomic mass is 16.2. The summed E-state index contributed by atoms with van der Waals surface area (Å²) in [4.78, 5) is 25.0. The van der Waals surface area contributed by atoms with Crippen LogP contribution in [0.3, 0.4) is 0 Å². The van der Waals surface area contributed by atoms with Gasteiger partial charge < -0.3 is 14.8 Å². The van der Waals surface area contributed by atoms with Crippen molar-refractivity contribution in [2.45, 2.75) is 25.7 Å². The first-order valence-electron chi connectivity index (χ1n) is 8.30. The molecule has 1 aromatic carbocycles. The number of aromatic nitrogens is 2. The van der Waals surface area contributed by atoms with Gasteiger partial charge in [0.05, 0.1) is 17.0 Å². The molecular formula is C17H22N4O. The molecular weight excluding hydrogens is 276 g/mol. The van der Waals surface area contributed by atoms with Crippen molar-refractivity contribution in [3.05, 3.63) is 24.3 Å². The summed E-state index contributed by atoms with van der Waals surface area (Å²) in [5.74, 6) is 1.37. The minimum absolute atomic E-state index is 0.125. The minimum Gasteiger partial charge on any atom is -0.342 e. The zero-order chi connectivity index (χ0) is 14.9. The number of carbonyl (C=O) groups is 1. The normalized spacial score (nSPS) is 22.5. The Kier molecular flexibility index (Phi) is 3.48. The Bertz CT molecular complexity index is 641. The maximum Gasteiger partial charge on any atom is 0.227 e. The van der Waals surface area contributed by atoms with Crippen LogP contribution >= 0.6 is 0 Å². The van der Waals surface area contributed by atoms with Crippen LogP contribution in [0.4, 0.5) is 5.95 Å². The molecule has 5 heteroatoms. The quantitative estimate of drug-likeness (QED) is 0.926. The number of carbonyl (C=O) groups excluding carboxylic acids is 1. The zero-order valence-corrected chi connectivity index (χ0v) is 12.8. The third-order valence-electron chi connectivity index (χ3n) is 4.86. The average Bonchev–Trinajstić information content (AvgIpc) is 3.23. The molecule has 1 amide bonds. The summed E-state index contributed by atoms with van der Waals surface area (Å²) in [6.45, 7) is 3.65. The molecule has 0 aliphatic carbocycles. The van der Waals surface area contributed by atoms with Crippen LogP contribution in [0.5, 0.6) is 0 Å². The topological polar surface area (TPSA) is 52.2 Å². The number of benzene rings is 1. The number of nitrogens with zero attached hydrogens (tertiary/aromatic N) is 3. The first kappa shape index (κ1) is 13.6. The van der Waals surface area contributed by atoms with E-state index < -0.39 is 0 Å². The van der Waals surface area contributed by atoms with Crippen LogP contribution in [0.25, 0.3) is 11.0 Å². The van der Waals surface area contributed by atoms with Crippen molar-refractivity contribution >= 4 is 22.9 Å². The van der Waals surface area contributed by atoms with Gasteiger partial charge in [0.25, 0.3) is 0 Å². The molecule has 22 heavy (non-hydrogen) atoms. The van der Waals surface area contributed by atoms with E-state index in [1.54, 1.807) is 0 Å². The van der Waals surface area contributed by atoms with Crippen molar-refractivity contribution in [1.29, 1.82) is 0 Å². The molecule has 2 aromatic rings. The van der Waals surface area contributed by atoms with E-state index in [1.165, 1.54) is 0 Å². The number of rotatable bonds is 2. The third-order valence-corrected chi connectivity index (χ3v) is 4.86. The molecule has 0 spiro atoms. The fourth-order valence-corrected chi connectivity index (χ4v) is 3.66. The van der Waals surface area contributed by atoms with E-state index in [0.717, 1.165) is 68.8 Å². The summed E-state index contributed by atoms with van der Waals surface area (Å²) in [6.07, 6.45) is 4.38. The number of hydrogen-bond donors (Lipinski definition) is 1. The molecule has 2 aliphatic heterocycles. The number of hydrogen-bond acceptors (Lipinski definition) is 3.